The Balaban J connectivity index is 1.97. The van der Waals surface area contributed by atoms with E-state index in [9.17, 15) is 19.7 Å². The topological polar surface area (TPSA) is 80.5 Å². The molecular weight excluding hydrogens is 260 g/mol. The predicted molar refractivity (Wildman–Crippen MR) is 71.0 cm³/mol. The number of benzene rings is 1. The minimum atomic E-state index is -0.526. The van der Waals surface area contributed by atoms with Gasteiger partial charge in [-0.1, -0.05) is 18.9 Å². The van der Waals surface area contributed by atoms with Crippen molar-refractivity contribution in [3.8, 4) is 0 Å². The van der Waals surface area contributed by atoms with Crippen LogP contribution in [0, 0.1) is 22.0 Å². The van der Waals surface area contributed by atoms with Crippen molar-refractivity contribution in [1.82, 2.24) is 0 Å². The van der Waals surface area contributed by atoms with Gasteiger partial charge in [-0.3, -0.25) is 19.7 Å². The highest BCUT2D eigenvalue weighted by Crippen LogP contribution is 2.40. The Morgan fingerprint density at radius 1 is 1.10 bits per heavy atom. The van der Waals surface area contributed by atoms with Crippen molar-refractivity contribution in [2.24, 2.45) is 11.8 Å². The smallest absolute Gasteiger partial charge is 0.271 e. The Kier molecular flexibility index (Phi) is 3.00. The van der Waals surface area contributed by atoms with E-state index in [0.29, 0.717) is 5.69 Å². The van der Waals surface area contributed by atoms with Crippen molar-refractivity contribution in [3.63, 3.8) is 0 Å². The number of amides is 2. The fourth-order valence-electron chi connectivity index (χ4n) is 3.16. The van der Waals surface area contributed by atoms with Crippen molar-refractivity contribution in [2.75, 3.05) is 4.90 Å². The molecule has 6 heteroatoms. The molecule has 0 N–H and O–H groups in total. The largest absolute Gasteiger partial charge is 0.274 e. The number of imide groups is 1. The van der Waals surface area contributed by atoms with E-state index >= 15 is 0 Å². The lowest BCUT2D eigenvalue weighted by molar-refractivity contribution is -0.384. The summed E-state index contributed by atoms with van der Waals surface area (Å²) in [6, 6.07) is 5.70. The van der Waals surface area contributed by atoms with Crippen LogP contribution in [0.3, 0.4) is 0 Å². The van der Waals surface area contributed by atoms with E-state index in [1.807, 2.05) is 0 Å². The molecule has 1 saturated heterocycles. The maximum absolute atomic E-state index is 12.4. The fraction of sp³-hybridized carbons (Fsp3) is 0.429. The predicted octanol–water partition coefficient (Wildman–Crippen LogP) is 2.27. The van der Waals surface area contributed by atoms with Crippen LogP contribution in [0.2, 0.25) is 0 Å². The number of hydrogen-bond donors (Lipinski definition) is 0. The molecule has 1 aromatic rings. The number of rotatable bonds is 2. The average molecular weight is 274 g/mol. The summed E-state index contributed by atoms with van der Waals surface area (Å²) in [6.07, 6.45) is 3.40. The van der Waals surface area contributed by atoms with Gasteiger partial charge in [0.2, 0.25) is 11.8 Å². The Morgan fingerprint density at radius 3 is 2.25 bits per heavy atom. The molecule has 2 atom stereocenters. The van der Waals surface area contributed by atoms with Crippen molar-refractivity contribution in [1.29, 1.82) is 0 Å². The third-order valence-corrected chi connectivity index (χ3v) is 4.14. The quantitative estimate of drug-likeness (QED) is 0.470. The first kappa shape index (κ1) is 12.8. The summed E-state index contributed by atoms with van der Waals surface area (Å²) in [6.45, 7) is 0. The van der Waals surface area contributed by atoms with Crippen LogP contribution in [0.5, 0.6) is 0 Å². The molecule has 0 bridgehead atoms. The number of nitrogens with zero attached hydrogens (tertiary/aromatic N) is 2. The molecule has 3 rings (SSSR count). The Hall–Kier alpha value is -2.24. The minimum absolute atomic E-state index is 0.113. The van der Waals surface area contributed by atoms with Gasteiger partial charge in [0.05, 0.1) is 22.4 Å². The molecular formula is C14H14N2O4. The van der Waals surface area contributed by atoms with E-state index < -0.39 is 4.92 Å². The van der Waals surface area contributed by atoms with Gasteiger partial charge in [-0.05, 0) is 18.9 Å². The maximum Gasteiger partial charge on any atom is 0.271 e. The van der Waals surface area contributed by atoms with E-state index in [-0.39, 0.29) is 29.3 Å². The second-order valence-electron chi connectivity index (χ2n) is 5.29. The Morgan fingerprint density at radius 2 is 1.70 bits per heavy atom. The third-order valence-electron chi connectivity index (χ3n) is 4.14. The van der Waals surface area contributed by atoms with Crippen molar-refractivity contribution >= 4 is 23.2 Å². The lowest BCUT2D eigenvalue weighted by atomic mass is 9.81. The Bertz CT molecular complexity index is 575. The van der Waals surface area contributed by atoms with Crippen LogP contribution in [0.25, 0.3) is 0 Å². The van der Waals surface area contributed by atoms with Crippen LogP contribution in [-0.2, 0) is 9.59 Å². The van der Waals surface area contributed by atoms with E-state index in [1.165, 1.54) is 18.2 Å². The number of hydrogen-bond acceptors (Lipinski definition) is 4. The molecule has 2 fully saturated rings. The average Bonchev–Trinajstić information content (AvgIpc) is 2.72. The number of carbonyl (C=O) groups excluding carboxylic acids is 2. The van der Waals surface area contributed by atoms with Gasteiger partial charge in [0, 0.05) is 12.1 Å². The first-order valence-corrected chi connectivity index (χ1v) is 6.72. The number of nitro benzene ring substituents is 1. The summed E-state index contributed by atoms with van der Waals surface area (Å²) in [7, 11) is 0. The summed E-state index contributed by atoms with van der Waals surface area (Å²) in [5.41, 5.74) is 0.196. The zero-order chi connectivity index (χ0) is 14.3. The highest BCUT2D eigenvalue weighted by Gasteiger charge is 2.48. The molecule has 0 spiro atoms. The van der Waals surface area contributed by atoms with Gasteiger partial charge in [0.1, 0.15) is 0 Å². The molecule has 0 radical (unpaired) electrons. The number of anilines is 1. The van der Waals surface area contributed by atoms with Crippen LogP contribution in [0.4, 0.5) is 11.4 Å². The van der Waals surface area contributed by atoms with Crippen molar-refractivity contribution in [2.45, 2.75) is 25.7 Å². The van der Waals surface area contributed by atoms with Crippen molar-refractivity contribution < 1.29 is 14.5 Å². The van der Waals surface area contributed by atoms with Gasteiger partial charge in [-0.25, -0.2) is 4.90 Å². The van der Waals surface area contributed by atoms with Gasteiger partial charge < -0.3 is 0 Å². The fourth-order valence-corrected chi connectivity index (χ4v) is 3.16. The number of non-ortho nitro benzene ring substituents is 1. The number of carbonyl (C=O) groups is 2. The molecule has 104 valence electrons. The van der Waals surface area contributed by atoms with Gasteiger partial charge in [-0.2, -0.15) is 0 Å². The number of fused-ring (bicyclic) bond motifs is 1. The van der Waals surface area contributed by atoms with E-state index in [1.54, 1.807) is 6.07 Å². The van der Waals surface area contributed by atoms with Gasteiger partial charge in [0.25, 0.3) is 5.69 Å². The zero-order valence-electron chi connectivity index (χ0n) is 10.8. The molecule has 2 amide bonds. The zero-order valence-corrected chi connectivity index (χ0v) is 10.8. The summed E-state index contributed by atoms with van der Waals surface area (Å²) >= 11 is 0. The lowest BCUT2D eigenvalue weighted by Gasteiger charge is -2.19. The van der Waals surface area contributed by atoms with E-state index in [4.69, 9.17) is 0 Å². The van der Waals surface area contributed by atoms with Crippen LogP contribution >= 0.6 is 0 Å². The molecule has 0 unspecified atom stereocenters. The summed E-state index contributed by atoms with van der Waals surface area (Å²) < 4.78 is 0. The lowest BCUT2D eigenvalue weighted by Crippen LogP contribution is -2.30. The van der Waals surface area contributed by atoms with Gasteiger partial charge >= 0.3 is 0 Å². The van der Waals surface area contributed by atoms with Crippen LogP contribution in [-0.4, -0.2) is 16.7 Å². The second kappa shape index (κ2) is 4.70. The maximum atomic E-state index is 12.4. The van der Waals surface area contributed by atoms with Gasteiger partial charge in [0.15, 0.2) is 0 Å². The molecule has 2 aliphatic rings. The number of nitro groups is 1. The molecule has 1 heterocycles. The SMILES string of the molecule is O=C1[C@H]2CCCC[C@H]2C(=O)N1c1cccc([N+](=O)[O-])c1. The standard InChI is InChI=1S/C14H14N2O4/c17-13-11-6-1-2-7-12(11)14(18)15(13)9-4-3-5-10(8-9)16(19)20/h3-5,8,11-12H,1-2,6-7H2/t11-,12+. The van der Waals surface area contributed by atoms with Crippen LogP contribution < -0.4 is 4.90 Å². The summed E-state index contributed by atoms with van der Waals surface area (Å²) in [5, 5.41) is 10.8. The summed E-state index contributed by atoms with van der Waals surface area (Å²) in [5.74, 6) is -0.897. The minimum Gasteiger partial charge on any atom is -0.274 e. The highest BCUT2D eigenvalue weighted by molar-refractivity contribution is 6.22. The highest BCUT2D eigenvalue weighted by atomic mass is 16.6. The van der Waals surface area contributed by atoms with Crippen molar-refractivity contribution in [3.05, 3.63) is 34.4 Å². The monoisotopic (exact) mass is 274 g/mol. The molecule has 0 aromatic heterocycles. The van der Waals surface area contributed by atoms with E-state index in [0.717, 1.165) is 30.6 Å². The first-order valence-electron chi connectivity index (χ1n) is 6.72. The molecule has 1 saturated carbocycles. The normalized spacial score (nSPS) is 25.7. The molecule has 20 heavy (non-hydrogen) atoms. The molecule has 1 aliphatic carbocycles. The third kappa shape index (κ3) is 1.88. The second-order valence-corrected chi connectivity index (χ2v) is 5.29. The van der Waals surface area contributed by atoms with Crippen LogP contribution in [0.15, 0.2) is 24.3 Å². The molecule has 6 nitrogen and oxygen atoms in total. The Labute approximate surface area is 115 Å². The van der Waals surface area contributed by atoms with Crippen LogP contribution in [0.1, 0.15) is 25.7 Å². The van der Waals surface area contributed by atoms with E-state index in [2.05, 4.69) is 0 Å². The summed E-state index contributed by atoms with van der Waals surface area (Å²) in [4.78, 5) is 36.1. The molecule has 1 aliphatic heterocycles. The van der Waals surface area contributed by atoms with Gasteiger partial charge in [-0.15, -0.1) is 0 Å². The molecule has 1 aromatic carbocycles. The first-order chi connectivity index (χ1) is 9.59.